The first-order valence-corrected chi connectivity index (χ1v) is 7.46. The van der Waals surface area contributed by atoms with Crippen LogP contribution in [0.1, 0.15) is 43.1 Å². The largest absolute Gasteiger partial charge is 0.389 e. The van der Waals surface area contributed by atoms with Crippen LogP contribution >= 0.6 is 12.2 Å². The zero-order chi connectivity index (χ0) is 14.0. The van der Waals surface area contributed by atoms with Gasteiger partial charge in [-0.2, -0.15) is 0 Å². The molecule has 1 aromatic heterocycles. The fourth-order valence-corrected chi connectivity index (χ4v) is 3.31. The van der Waals surface area contributed by atoms with Crippen LogP contribution in [0.3, 0.4) is 0 Å². The van der Waals surface area contributed by atoms with Crippen molar-refractivity contribution < 1.29 is 0 Å². The molecule has 1 atom stereocenters. The molecular formula is C15H23N3S. The molecule has 2 rings (SSSR count). The van der Waals surface area contributed by atoms with Crippen LogP contribution in [0.2, 0.25) is 0 Å². The molecular weight excluding hydrogens is 254 g/mol. The molecule has 1 aromatic rings. The minimum absolute atomic E-state index is 0.457. The Morgan fingerprint density at radius 1 is 1.53 bits per heavy atom. The van der Waals surface area contributed by atoms with Crippen LogP contribution in [0.4, 0.5) is 5.69 Å². The lowest BCUT2D eigenvalue weighted by molar-refractivity contribution is 0.530. The van der Waals surface area contributed by atoms with Gasteiger partial charge in [-0.15, -0.1) is 0 Å². The highest BCUT2D eigenvalue weighted by Gasteiger charge is 2.25. The first-order valence-electron chi connectivity index (χ1n) is 7.06. The lowest BCUT2D eigenvalue weighted by Crippen LogP contribution is -2.25. The van der Waals surface area contributed by atoms with Gasteiger partial charge in [-0.25, -0.2) is 0 Å². The Balaban J connectivity index is 2.32. The number of anilines is 1. The van der Waals surface area contributed by atoms with Crippen molar-refractivity contribution in [1.82, 2.24) is 4.98 Å². The Morgan fingerprint density at radius 3 is 2.89 bits per heavy atom. The van der Waals surface area contributed by atoms with Crippen LogP contribution in [-0.4, -0.2) is 23.1 Å². The van der Waals surface area contributed by atoms with Crippen molar-refractivity contribution in [3.05, 3.63) is 23.0 Å². The van der Waals surface area contributed by atoms with Gasteiger partial charge in [0.2, 0.25) is 0 Å². The maximum absolute atomic E-state index is 5.89. The summed E-state index contributed by atoms with van der Waals surface area (Å²) >= 11 is 5.21. The summed E-state index contributed by atoms with van der Waals surface area (Å²) in [6.45, 7) is 8.49. The molecule has 1 aliphatic rings. The van der Waals surface area contributed by atoms with Crippen LogP contribution in [0.15, 0.2) is 6.07 Å². The Labute approximate surface area is 121 Å². The van der Waals surface area contributed by atoms with Gasteiger partial charge in [0, 0.05) is 24.5 Å². The molecule has 0 radical (unpaired) electrons. The van der Waals surface area contributed by atoms with Gasteiger partial charge in [-0.1, -0.05) is 25.6 Å². The number of hydrogen-bond acceptors (Lipinski definition) is 3. The van der Waals surface area contributed by atoms with Crippen LogP contribution in [0.25, 0.3) is 0 Å². The average molecular weight is 277 g/mol. The first-order chi connectivity index (χ1) is 9.02. The second kappa shape index (κ2) is 5.87. The quantitative estimate of drug-likeness (QED) is 0.859. The minimum atomic E-state index is 0.457. The van der Waals surface area contributed by atoms with E-state index in [1.807, 2.05) is 13.8 Å². The van der Waals surface area contributed by atoms with E-state index in [1.165, 1.54) is 24.9 Å². The molecule has 19 heavy (non-hydrogen) atoms. The third-order valence-electron chi connectivity index (χ3n) is 3.88. The zero-order valence-electron chi connectivity index (χ0n) is 12.1. The minimum Gasteiger partial charge on any atom is -0.389 e. The molecule has 0 bridgehead atoms. The van der Waals surface area contributed by atoms with E-state index < -0.39 is 0 Å². The smallest absolute Gasteiger partial charge is 0.107 e. The number of hydrogen-bond donors (Lipinski definition) is 1. The van der Waals surface area contributed by atoms with Gasteiger partial charge < -0.3 is 10.6 Å². The number of aryl methyl sites for hydroxylation is 2. The van der Waals surface area contributed by atoms with Crippen molar-refractivity contribution in [1.29, 1.82) is 0 Å². The van der Waals surface area contributed by atoms with Gasteiger partial charge in [0.1, 0.15) is 4.99 Å². The number of aromatic nitrogens is 1. The molecule has 0 aromatic carbocycles. The molecule has 0 aliphatic carbocycles. The van der Waals surface area contributed by atoms with Crippen molar-refractivity contribution in [3.8, 4) is 0 Å². The van der Waals surface area contributed by atoms with Crippen LogP contribution in [0, 0.1) is 19.8 Å². The van der Waals surface area contributed by atoms with E-state index in [4.69, 9.17) is 18.0 Å². The Bertz CT molecular complexity index is 485. The molecule has 0 spiro atoms. The molecule has 1 unspecified atom stereocenters. The maximum Gasteiger partial charge on any atom is 0.107 e. The van der Waals surface area contributed by atoms with Crippen molar-refractivity contribution in [2.24, 2.45) is 11.7 Å². The van der Waals surface area contributed by atoms with Crippen molar-refractivity contribution in [3.63, 3.8) is 0 Å². The van der Waals surface area contributed by atoms with Crippen molar-refractivity contribution in [2.45, 2.75) is 40.0 Å². The van der Waals surface area contributed by atoms with Crippen LogP contribution < -0.4 is 10.6 Å². The van der Waals surface area contributed by atoms with E-state index in [0.717, 1.165) is 36.0 Å². The number of thiocarbonyl (C=S) groups is 1. The standard InChI is InChI=1S/C15H23N3S/c1-4-5-12-6-7-18(9-12)13-8-10(2)17-11(3)14(13)15(16)19/h8,12H,4-7,9H2,1-3H3,(H2,16,19). The number of nitrogens with zero attached hydrogens (tertiary/aromatic N) is 2. The lowest BCUT2D eigenvalue weighted by Gasteiger charge is -2.23. The van der Waals surface area contributed by atoms with Gasteiger partial charge in [-0.3, -0.25) is 4.98 Å². The third kappa shape index (κ3) is 3.06. The average Bonchev–Trinajstić information content (AvgIpc) is 2.76. The summed E-state index contributed by atoms with van der Waals surface area (Å²) in [5.41, 5.74) is 10.0. The van der Waals surface area contributed by atoms with Gasteiger partial charge in [-0.05, 0) is 38.7 Å². The Hall–Kier alpha value is -1.16. The highest BCUT2D eigenvalue weighted by molar-refractivity contribution is 7.80. The summed E-state index contributed by atoms with van der Waals surface area (Å²) in [4.78, 5) is 7.37. The summed E-state index contributed by atoms with van der Waals surface area (Å²) in [6, 6.07) is 2.12. The van der Waals surface area contributed by atoms with Crippen LogP contribution in [0.5, 0.6) is 0 Å². The van der Waals surface area contributed by atoms with Gasteiger partial charge in [0.25, 0.3) is 0 Å². The van der Waals surface area contributed by atoms with E-state index in [1.54, 1.807) is 0 Å². The van der Waals surface area contributed by atoms with Gasteiger partial charge in [0.15, 0.2) is 0 Å². The Morgan fingerprint density at radius 2 is 2.26 bits per heavy atom. The molecule has 104 valence electrons. The lowest BCUT2D eigenvalue weighted by atomic mass is 10.0. The van der Waals surface area contributed by atoms with E-state index >= 15 is 0 Å². The highest BCUT2D eigenvalue weighted by atomic mass is 32.1. The molecule has 1 aliphatic heterocycles. The first kappa shape index (κ1) is 14.3. The molecule has 0 amide bonds. The van der Waals surface area contributed by atoms with Crippen molar-refractivity contribution >= 4 is 22.9 Å². The van der Waals surface area contributed by atoms with E-state index in [-0.39, 0.29) is 0 Å². The summed E-state index contributed by atoms with van der Waals surface area (Å²) in [6.07, 6.45) is 3.84. The van der Waals surface area contributed by atoms with E-state index in [2.05, 4.69) is 22.9 Å². The van der Waals surface area contributed by atoms with Gasteiger partial charge in [0.05, 0.1) is 11.3 Å². The van der Waals surface area contributed by atoms with E-state index in [0.29, 0.717) is 4.99 Å². The molecule has 1 saturated heterocycles. The second-order valence-electron chi connectivity index (χ2n) is 5.50. The fraction of sp³-hybridized carbons (Fsp3) is 0.600. The molecule has 3 nitrogen and oxygen atoms in total. The summed E-state index contributed by atoms with van der Waals surface area (Å²) in [5, 5.41) is 0. The number of pyridine rings is 1. The molecule has 0 saturated carbocycles. The van der Waals surface area contributed by atoms with Crippen LogP contribution in [-0.2, 0) is 0 Å². The monoisotopic (exact) mass is 277 g/mol. The third-order valence-corrected chi connectivity index (χ3v) is 4.08. The SMILES string of the molecule is CCCC1CCN(c2cc(C)nc(C)c2C(N)=S)C1. The zero-order valence-corrected chi connectivity index (χ0v) is 12.9. The predicted octanol–water partition coefficient (Wildman–Crippen LogP) is 2.96. The topological polar surface area (TPSA) is 42.2 Å². The fourth-order valence-electron chi connectivity index (χ4n) is 3.06. The predicted molar refractivity (Wildman–Crippen MR) is 84.8 cm³/mol. The molecule has 4 heteroatoms. The summed E-state index contributed by atoms with van der Waals surface area (Å²) in [5.74, 6) is 0.804. The normalized spacial score (nSPS) is 18.9. The second-order valence-corrected chi connectivity index (χ2v) is 5.94. The maximum atomic E-state index is 5.89. The number of nitrogens with two attached hydrogens (primary N) is 1. The van der Waals surface area contributed by atoms with Gasteiger partial charge >= 0.3 is 0 Å². The Kier molecular flexibility index (Phi) is 4.40. The molecule has 2 heterocycles. The molecule has 2 N–H and O–H groups in total. The summed E-state index contributed by atoms with van der Waals surface area (Å²) in [7, 11) is 0. The summed E-state index contributed by atoms with van der Waals surface area (Å²) < 4.78 is 0. The molecule has 1 fully saturated rings. The van der Waals surface area contributed by atoms with E-state index in [9.17, 15) is 0 Å². The highest BCUT2D eigenvalue weighted by Crippen LogP contribution is 2.30. The van der Waals surface area contributed by atoms with Crippen molar-refractivity contribution in [2.75, 3.05) is 18.0 Å². The number of rotatable bonds is 4.